The van der Waals surface area contributed by atoms with Crippen LogP contribution in [-0.2, 0) is 14.4 Å². The maximum Gasteiger partial charge on any atom is 0.277 e. The molecule has 0 bridgehead atoms. The molecule has 2 heterocycles. The van der Waals surface area contributed by atoms with Crippen LogP contribution in [-0.4, -0.2) is 40.6 Å². The lowest BCUT2D eigenvalue weighted by molar-refractivity contribution is -0.130. The summed E-state index contributed by atoms with van der Waals surface area (Å²) in [5.74, 6) is -2.67. The number of fused-ring (bicyclic) bond motifs is 1. The Labute approximate surface area is 198 Å². The molecule has 0 radical (unpaired) electrons. The summed E-state index contributed by atoms with van der Waals surface area (Å²) in [4.78, 5) is 42.7. The minimum Gasteiger partial charge on any atom is -0.481 e. The maximum atomic E-state index is 12.9. The number of rotatable bonds is 6. The summed E-state index contributed by atoms with van der Waals surface area (Å²) in [5.41, 5.74) is 3.31. The van der Waals surface area contributed by atoms with Crippen LogP contribution < -0.4 is 20.4 Å². The van der Waals surface area contributed by atoms with Crippen LogP contribution in [0.5, 0.6) is 5.75 Å². The van der Waals surface area contributed by atoms with Gasteiger partial charge in [0.1, 0.15) is 11.3 Å². The number of halogens is 1. The molecule has 3 amide bonds. The number of nitrogens with one attached hydrogen (secondary N) is 2. The average Bonchev–Trinajstić information content (AvgIpc) is 2.81. The molecule has 9 nitrogen and oxygen atoms in total. The van der Waals surface area contributed by atoms with E-state index in [4.69, 9.17) is 28.6 Å². The second-order valence-corrected chi connectivity index (χ2v) is 7.68. The van der Waals surface area contributed by atoms with Gasteiger partial charge in [-0.25, -0.2) is 5.43 Å². The normalized spacial score (nSPS) is 16.2. The predicted octanol–water partition coefficient (Wildman–Crippen LogP) is 2.43. The number of hydrazone groups is 1. The van der Waals surface area contributed by atoms with Crippen LogP contribution in [0.25, 0.3) is 10.9 Å². The second-order valence-electron chi connectivity index (χ2n) is 6.86. The number of pyridine rings is 1. The van der Waals surface area contributed by atoms with Gasteiger partial charge in [0.2, 0.25) is 5.91 Å². The highest BCUT2D eigenvalue weighted by atomic mass is 35.5. The summed E-state index contributed by atoms with van der Waals surface area (Å²) < 4.78 is 5.53. The summed E-state index contributed by atoms with van der Waals surface area (Å²) in [5, 5.41) is 7.50. The van der Waals surface area contributed by atoms with Crippen LogP contribution >= 0.6 is 23.8 Å². The fraction of sp³-hybridized carbons (Fsp3) is 0.0909. The van der Waals surface area contributed by atoms with Crippen molar-refractivity contribution in [2.24, 2.45) is 11.0 Å². The lowest BCUT2D eigenvalue weighted by atomic mass is 10.1. The lowest BCUT2D eigenvalue weighted by Gasteiger charge is -2.30. The molecule has 3 aromatic rings. The van der Waals surface area contributed by atoms with Crippen LogP contribution in [0.2, 0.25) is 5.02 Å². The van der Waals surface area contributed by atoms with E-state index < -0.39 is 23.6 Å². The largest absolute Gasteiger partial charge is 0.481 e. The third-order valence-electron chi connectivity index (χ3n) is 4.65. The molecule has 0 unspecified atom stereocenters. The molecule has 1 saturated heterocycles. The molecule has 1 aliphatic rings. The zero-order valence-corrected chi connectivity index (χ0v) is 18.5. The molecule has 33 heavy (non-hydrogen) atoms. The van der Waals surface area contributed by atoms with Gasteiger partial charge in [-0.3, -0.25) is 24.3 Å². The SMILES string of the molecule is O=C(COc1cccc2cccnc12)N/N=C\[C@@H]1C(=O)NC(=S)N(c2ccc(Cl)cc2)C1=O. The van der Waals surface area contributed by atoms with Gasteiger partial charge < -0.3 is 10.1 Å². The molecule has 11 heteroatoms. The summed E-state index contributed by atoms with van der Waals surface area (Å²) in [6, 6.07) is 15.4. The number of hydrogen-bond acceptors (Lipinski definition) is 7. The Balaban J connectivity index is 1.38. The Hall–Kier alpha value is -3.89. The smallest absolute Gasteiger partial charge is 0.277 e. The van der Waals surface area contributed by atoms with Crippen LogP contribution in [0.3, 0.4) is 0 Å². The van der Waals surface area contributed by atoms with Crippen molar-refractivity contribution < 1.29 is 19.1 Å². The van der Waals surface area contributed by atoms with E-state index in [0.29, 0.717) is 22.0 Å². The highest BCUT2D eigenvalue weighted by Crippen LogP contribution is 2.23. The van der Waals surface area contributed by atoms with Gasteiger partial charge in [-0.1, -0.05) is 29.8 Å². The number of nitrogens with zero attached hydrogens (tertiary/aromatic N) is 3. The first-order valence-electron chi connectivity index (χ1n) is 9.67. The summed E-state index contributed by atoms with van der Waals surface area (Å²) in [6.45, 7) is -0.335. The Morgan fingerprint density at radius 2 is 1.97 bits per heavy atom. The van der Waals surface area contributed by atoms with Crippen LogP contribution in [0.15, 0.2) is 65.9 Å². The van der Waals surface area contributed by atoms with Crippen molar-refractivity contribution in [2.75, 3.05) is 11.5 Å². The van der Waals surface area contributed by atoms with Crippen molar-refractivity contribution in [3.05, 3.63) is 65.8 Å². The number of thiocarbonyl (C=S) groups is 1. The number of amides is 3. The molecule has 2 N–H and O–H groups in total. The molecule has 1 atom stereocenters. The van der Waals surface area contributed by atoms with Gasteiger partial charge in [-0.05, 0) is 48.6 Å². The highest BCUT2D eigenvalue weighted by molar-refractivity contribution is 7.80. The summed E-state index contributed by atoms with van der Waals surface area (Å²) >= 11 is 11.0. The Kier molecular flexibility index (Phi) is 6.57. The fourth-order valence-electron chi connectivity index (χ4n) is 3.11. The first-order valence-corrected chi connectivity index (χ1v) is 10.5. The maximum absolute atomic E-state index is 12.9. The Bertz CT molecular complexity index is 1280. The van der Waals surface area contributed by atoms with Gasteiger partial charge >= 0.3 is 0 Å². The number of para-hydroxylation sites is 1. The number of ether oxygens (including phenoxy) is 1. The highest BCUT2D eigenvalue weighted by Gasteiger charge is 2.38. The molecular weight excluding hydrogens is 466 g/mol. The molecule has 1 aromatic heterocycles. The predicted molar refractivity (Wildman–Crippen MR) is 127 cm³/mol. The van der Waals surface area contributed by atoms with E-state index in [-0.39, 0.29) is 11.7 Å². The molecule has 2 aromatic carbocycles. The minimum absolute atomic E-state index is 0.0573. The number of carbonyl (C=O) groups excluding carboxylic acids is 3. The number of carbonyl (C=O) groups is 3. The zero-order chi connectivity index (χ0) is 23.4. The lowest BCUT2D eigenvalue weighted by Crippen LogP contribution is -2.58. The Morgan fingerprint density at radius 3 is 2.76 bits per heavy atom. The van der Waals surface area contributed by atoms with Crippen molar-refractivity contribution in [1.29, 1.82) is 0 Å². The fourth-order valence-corrected chi connectivity index (χ4v) is 3.53. The van der Waals surface area contributed by atoms with Gasteiger partial charge in [0.05, 0.1) is 5.69 Å². The summed E-state index contributed by atoms with van der Waals surface area (Å²) in [7, 11) is 0. The second kappa shape index (κ2) is 9.72. The molecule has 4 rings (SSSR count). The van der Waals surface area contributed by atoms with Gasteiger partial charge in [-0.15, -0.1) is 0 Å². The van der Waals surface area contributed by atoms with E-state index in [2.05, 4.69) is 20.8 Å². The topological polar surface area (TPSA) is 113 Å². The van der Waals surface area contributed by atoms with Crippen LogP contribution in [0, 0.1) is 5.92 Å². The summed E-state index contributed by atoms with van der Waals surface area (Å²) in [6.07, 6.45) is 2.67. The van der Waals surface area contributed by atoms with Crippen molar-refractivity contribution >= 4 is 69.5 Å². The third-order valence-corrected chi connectivity index (χ3v) is 5.19. The average molecular weight is 482 g/mol. The van der Waals surface area contributed by atoms with E-state index in [1.165, 1.54) is 4.90 Å². The molecule has 0 saturated carbocycles. The number of aromatic nitrogens is 1. The van der Waals surface area contributed by atoms with E-state index in [0.717, 1.165) is 11.6 Å². The number of anilines is 1. The molecule has 166 valence electrons. The van der Waals surface area contributed by atoms with Crippen molar-refractivity contribution in [3.8, 4) is 5.75 Å². The van der Waals surface area contributed by atoms with Crippen LogP contribution in [0.1, 0.15) is 0 Å². The Morgan fingerprint density at radius 1 is 1.21 bits per heavy atom. The number of hydrogen-bond donors (Lipinski definition) is 2. The van der Waals surface area contributed by atoms with Crippen molar-refractivity contribution in [3.63, 3.8) is 0 Å². The molecule has 0 aliphatic carbocycles. The standard InChI is InChI=1S/C22H16ClN5O4S/c23-14-6-8-15(9-7-14)28-21(31)16(20(30)26-22(28)33)11-25-27-18(29)12-32-17-5-1-3-13-4-2-10-24-19(13)17/h1-11,16H,12H2,(H,27,29)(H,26,30,33)/b25-11-/t16-/m1/s1. The molecular formula is C22H16ClN5O4S. The van der Waals surface area contributed by atoms with Crippen molar-refractivity contribution in [2.45, 2.75) is 0 Å². The van der Waals surface area contributed by atoms with E-state index in [1.54, 1.807) is 48.7 Å². The third kappa shape index (κ3) is 4.97. The van der Waals surface area contributed by atoms with E-state index >= 15 is 0 Å². The minimum atomic E-state index is -1.28. The van der Waals surface area contributed by atoms with Gasteiger partial charge in [0.25, 0.3) is 11.8 Å². The first-order chi connectivity index (χ1) is 15.9. The molecule has 0 spiro atoms. The van der Waals surface area contributed by atoms with E-state index in [9.17, 15) is 14.4 Å². The molecule has 1 fully saturated rings. The zero-order valence-electron chi connectivity index (χ0n) is 16.9. The monoisotopic (exact) mass is 481 g/mol. The van der Waals surface area contributed by atoms with Gasteiger partial charge in [0, 0.05) is 22.8 Å². The first kappa shape index (κ1) is 22.3. The van der Waals surface area contributed by atoms with Gasteiger partial charge in [-0.2, -0.15) is 5.10 Å². The van der Waals surface area contributed by atoms with Crippen molar-refractivity contribution in [1.82, 2.24) is 15.7 Å². The quantitative estimate of drug-likeness (QED) is 0.242. The van der Waals surface area contributed by atoms with E-state index in [1.807, 2.05) is 12.1 Å². The number of benzene rings is 2. The molecule has 1 aliphatic heterocycles. The van der Waals surface area contributed by atoms with Gasteiger partial charge in [0.15, 0.2) is 17.6 Å². The van der Waals surface area contributed by atoms with Crippen LogP contribution in [0.4, 0.5) is 5.69 Å².